The van der Waals surface area contributed by atoms with Crippen molar-refractivity contribution in [2.45, 2.75) is 90.9 Å². The van der Waals surface area contributed by atoms with Gasteiger partial charge < -0.3 is 10.1 Å². The van der Waals surface area contributed by atoms with Gasteiger partial charge in [-0.2, -0.15) is 0 Å². The third kappa shape index (κ3) is 17.6. The van der Waals surface area contributed by atoms with E-state index in [-0.39, 0.29) is 0 Å². The molecule has 0 bridgehead atoms. The molecule has 0 aromatic carbocycles. The van der Waals surface area contributed by atoms with E-state index in [0.717, 1.165) is 12.8 Å². The first-order valence-electron chi connectivity index (χ1n) is 8.47. The number of hydrogen-bond acceptors (Lipinski definition) is 2. The predicted molar refractivity (Wildman–Crippen MR) is 84.6 cm³/mol. The Kier molecular flexibility index (Phi) is 15.4. The van der Waals surface area contributed by atoms with Crippen molar-refractivity contribution in [3.63, 3.8) is 0 Å². The Morgan fingerprint density at radius 3 is 1.74 bits per heavy atom. The molecule has 0 aliphatic carbocycles. The zero-order valence-corrected chi connectivity index (χ0v) is 13.3. The maximum atomic E-state index is 10.8. The van der Waals surface area contributed by atoms with Gasteiger partial charge in [0, 0.05) is 6.42 Å². The van der Waals surface area contributed by atoms with Crippen molar-refractivity contribution < 1.29 is 4.79 Å². The topological polar surface area (TPSA) is 29.1 Å². The molecule has 0 fully saturated rings. The van der Waals surface area contributed by atoms with Gasteiger partial charge in [-0.05, 0) is 39.3 Å². The largest absolute Gasteiger partial charge is 0.317 e. The maximum Gasteiger partial charge on any atom is 0.129 e. The molecular weight excluding hydrogens is 234 g/mol. The first-order chi connectivity index (χ1) is 9.27. The molecule has 0 amide bonds. The van der Waals surface area contributed by atoms with Crippen LogP contribution < -0.4 is 5.32 Å². The monoisotopic (exact) mass is 269 g/mol. The minimum absolute atomic E-state index is 0.334. The molecule has 114 valence electrons. The molecular formula is C17H35NO. The minimum Gasteiger partial charge on any atom is -0.317 e. The maximum absolute atomic E-state index is 10.8. The Balaban J connectivity index is 2.93. The van der Waals surface area contributed by atoms with Crippen LogP contribution in [0.1, 0.15) is 90.9 Å². The molecule has 0 rings (SSSR count). The van der Waals surface area contributed by atoms with Crippen molar-refractivity contribution in [2.75, 3.05) is 13.1 Å². The summed E-state index contributed by atoms with van der Waals surface area (Å²) >= 11 is 0. The van der Waals surface area contributed by atoms with E-state index in [2.05, 4.69) is 12.2 Å². The molecule has 0 atom stereocenters. The SMILES string of the molecule is CCCCCCCCNCCCCCCCC(C)=O. The molecule has 0 aromatic heterocycles. The van der Waals surface area contributed by atoms with Crippen molar-refractivity contribution in [2.24, 2.45) is 0 Å². The molecule has 0 aliphatic heterocycles. The van der Waals surface area contributed by atoms with Crippen molar-refractivity contribution in [3.05, 3.63) is 0 Å². The van der Waals surface area contributed by atoms with Gasteiger partial charge in [-0.25, -0.2) is 0 Å². The summed E-state index contributed by atoms with van der Waals surface area (Å²) in [6.07, 6.45) is 15.2. The highest BCUT2D eigenvalue weighted by Gasteiger charge is 1.94. The minimum atomic E-state index is 0.334. The van der Waals surface area contributed by atoms with Crippen LogP contribution in [0.25, 0.3) is 0 Å². The molecule has 2 heteroatoms. The third-order valence-corrected chi connectivity index (χ3v) is 3.59. The van der Waals surface area contributed by atoms with Gasteiger partial charge in [-0.1, -0.05) is 58.3 Å². The smallest absolute Gasteiger partial charge is 0.129 e. The van der Waals surface area contributed by atoms with E-state index in [4.69, 9.17) is 0 Å². The molecule has 2 nitrogen and oxygen atoms in total. The highest BCUT2D eigenvalue weighted by molar-refractivity contribution is 5.75. The molecule has 0 unspecified atom stereocenters. The van der Waals surface area contributed by atoms with E-state index in [1.807, 2.05) is 0 Å². The molecule has 0 saturated heterocycles. The number of carbonyl (C=O) groups is 1. The Hall–Kier alpha value is -0.370. The van der Waals surface area contributed by atoms with Gasteiger partial charge in [0.2, 0.25) is 0 Å². The summed E-state index contributed by atoms with van der Waals surface area (Å²) in [7, 11) is 0. The van der Waals surface area contributed by atoms with Gasteiger partial charge in [0.15, 0.2) is 0 Å². The number of nitrogens with one attached hydrogen (secondary N) is 1. The summed E-state index contributed by atoms with van der Waals surface area (Å²) < 4.78 is 0. The number of ketones is 1. The number of hydrogen-bond donors (Lipinski definition) is 1. The van der Waals surface area contributed by atoms with Gasteiger partial charge in [-0.15, -0.1) is 0 Å². The quantitative estimate of drug-likeness (QED) is 0.430. The summed E-state index contributed by atoms with van der Waals surface area (Å²) in [5.41, 5.74) is 0. The van der Waals surface area contributed by atoms with Crippen LogP contribution in [0.5, 0.6) is 0 Å². The van der Waals surface area contributed by atoms with Crippen molar-refractivity contribution in [1.29, 1.82) is 0 Å². The third-order valence-electron chi connectivity index (χ3n) is 3.59. The van der Waals surface area contributed by atoms with Crippen LogP contribution in [0, 0.1) is 0 Å². The summed E-state index contributed by atoms with van der Waals surface area (Å²) in [5.74, 6) is 0.334. The van der Waals surface area contributed by atoms with E-state index in [1.54, 1.807) is 6.92 Å². The summed E-state index contributed by atoms with van der Waals surface area (Å²) in [5, 5.41) is 3.53. The number of rotatable bonds is 15. The second kappa shape index (κ2) is 15.7. The number of carbonyl (C=O) groups excluding carboxylic acids is 1. The fourth-order valence-electron chi connectivity index (χ4n) is 2.31. The Morgan fingerprint density at radius 1 is 0.737 bits per heavy atom. The van der Waals surface area contributed by atoms with Crippen LogP contribution in [0.3, 0.4) is 0 Å². The van der Waals surface area contributed by atoms with Crippen LogP contribution in [0.4, 0.5) is 0 Å². The van der Waals surface area contributed by atoms with E-state index >= 15 is 0 Å². The average Bonchev–Trinajstić information content (AvgIpc) is 2.39. The lowest BCUT2D eigenvalue weighted by Crippen LogP contribution is -2.16. The lowest BCUT2D eigenvalue weighted by Gasteiger charge is -2.05. The van der Waals surface area contributed by atoms with Gasteiger partial charge >= 0.3 is 0 Å². The van der Waals surface area contributed by atoms with Gasteiger partial charge in [0.05, 0.1) is 0 Å². The second-order valence-corrected chi connectivity index (χ2v) is 5.74. The molecule has 0 radical (unpaired) electrons. The molecule has 19 heavy (non-hydrogen) atoms. The van der Waals surface area contributed by atoms with E-state index in [1.165, 1.54) is 77.3 Å². The fraction of sp³-hybridized carbons (Fsp3) is 0.941. The molecule has 0 saturated carbocycles. The highest BCUT2D eigenvalue weighted by atomic mass is 16.1. The van der Waals surface area contributed by atoms with Gasteiger partial charge in [0.1, 0.15) is 5.78 Å². The predicted octanol–water partition coefficient (Wildman–Crippen LogP) is 4.87. The molecule has 0 heterocycles. The Labute approximate surface area is 120 Å². The zero-order valence-electron chi connectivity index (χ0n) is 13.3. The first-order valence-corrected chi connectivity index (χ1v) is 8.47. The van der Waals surface area contributed by atoms with Crippen LogP contribution in [0.15, 0.2) is 0 Å². The number of Topliss-reactive ketones (excluding diaryl/α,β-unsaturated/α-hetero) is 1. The first kappa shape index (κ1) is 18.6. The molecule has 0 aromatic rings. The van der Waals surface area contributed by atoms with E-state index in [0.29, 0.717) is 5.78 Å². The average molecular weight is 269 g/mol. The van der Waals surface area contributed by atoms with Crippen molar-refractivity contribution >= 4 is 5.78 Å². The molecule has 0 aliphatic rings. The summed E-state index contributed by atoms with van der Waals surface area (Å²) in [6.45, 7) is 6.31. The van der Waals surface area contributed by atoms with Crippen LogP contribution in [-0.4, -0.2) is 18.9 Å². The zero-order chi connectivity index (χ0) is 14.2. The normalized spacial score (nSPS) is 10.8. The summed E-state index contributed by atoms with van der Waals surface area (Å²) in [6, 6.07) is 0. The second-order valence-electron chi connectivity index (χ2n) is 5.74. The standard InChI is InChI=1S/C17H35NO/c1-3-4-5-6-9-12-15-18-16-13-10-7-8-11-14-17(2)19/h18H,3-16H2,1-2H3. The lowest BCUT2D eigenvalue weighted by atomic mass is 10.1. The highest BCUT2D eigenvalue weighted by Crippen LogP contribution is 2.06. The summed E-state index contributed by atoms with van der Waals surface area (Å²) in [4.78, 5) is 10.8. The van der Waals surface area contributed by atoms with Gasteiger partial charge in [-0.3, -0.25) is 0 Å². The van der Waals surface area contributed by atoms with Crippen molar-refractivity contribution in [3.8, 4) is 0 Å². The fourth-order valence-corrected chi connectivity index (χ4v) is 2.31. The molecule has 1 N–H and O–H groups in total. The Morgan fingerprint density at radius 2 is 1.21 bits per heavy atom. The van der Waals surface area contributed by atoms with Crippen LogP contribution >= 0.6 is 0 Å². The van der Waals surface area contributed by atoms with E-state index in [9.17, 15) is 4.79 Å². The van der Waals surface area contributed by atoms with Crippen LogP contribution in [-0.2, 0) is 4.79 Å². The molecule has 0 spiro atoms. The Bertz CT molecular complexity index is 192. The lowest BCUT2D eigenvalue weighted by molar-refractivity contribution is -0.117. The van der Waals surface area contributed by atoms with Crippen molar-refractivity contribution in [1.82, 2.24) is 5.32 Å². The van der Waals surface area contributed by atoms with Crippen LogP contribution in [0.2, 0.25) is 0 Å². The van der Waals surface area contributed by atoms with E-state index < -0.39 is 0 Å². The van der Waals surface area contributed by atoms with Gasteiger partial charge in [0.25, 0.3) is 0 Å². The number of unbranched alkanes of at least 4 members (excludes halogenated alkanes) is 9.